The van der Waals surface area contributed by atoms with Crippen LogP contribution in [0.15, 0.2) is 30.3 Å². The summed E-state index contributed by atoms with van der Waals surface area (Å²) in [5.41, 5.74) is 1.11. The Balaban J connectivity index is 1.89. The molecule has 0 radical (unpaired) electrons. The summed E-state index contributed by atoms with van der Waals surface area (Å²) in [5.74, 6) is 2.26. The van der Waals surface area contributed by atoms with Gasteiger partial charge in [-0.05, 0) is 49.5 Å². The van der Waals surface area contributed by atoms with Crippen LogP contribution in [0.25, 0.3) is 0 Å². The molecule has 1 heteroatoms. The van der Waals surface area contributed by atoms with Crippen LogP contribution in [0.4, 0.5) is 0 Å². The van der Waals surface area contributed by atoms with Crippen molar-refractivity contribution < 1.29 is 4.79 Å². The van der Waals surface area contributed by atoms with E-state index >= 15 is 0 Å². The van der Waals surface area contributed by atoms with Gasteiger partial charge in [0.25, 0.3) is 0 Å². The number of hydrogen-bond donors (Lipinski definition) is 0. The normalized spacial score (nSPS) is 32.0. The lowest BCUT2D eigenvalue weighted by Gasteiger charge is -2.37. The van der Waals surface area contributed by atoms with Crippen molar-refractivity contribution in [3.05, 3.63) is 35.9 Å². The van der Waals surface area contributed by atoms with Crippen LogP contribution in [0.1, 0.15) is 64.4 Å². The average Bonchev–Trinajstić information content (AvgIpc) is 2.97. The first-order valence-corrected chi connectivity index (χ1v) is 8.71. The largest absolute Gasteiger partial charge is 0.298 e. The van der Waals surface area contributed by atoms with Crippen molar-refractivity contribution in [1.82, 2.24) is 0 Å². The predicted molar refractivity (Wildman–Crippen MR) is 87.3 cm³/mol. The topological polar surface area (TPSA) is 17.1 Å². The molecular weight excluding hydrogens is 256 g/mol. The minimum atomic E-state index is -0.164. The fraction of sp³-hybridized carbons (Fsp3) is 0.650. The molecule has 0 N–H and O–H groups in total. The highest BCUT2D eigenvalue weighted by molar-refractivity contribution is 5.92. The van der Waals surface area contributed by atoms with E-state index in [1.165, 1.54) is 24.8 Å². The van der Waals surface area contributed by atoms with Crippen LogP contribution in [0, 0.1) is 17.8 Å². The highest BCUT2D eigenvalue weighted by Gasteiger charge is 2.46. The van der Waals surface area contributed by atoms with Crippen molar-refractivity contribution in [3.8, 4) is 0 Å². The van der Waals surface area contributed by atoms with Crippen molar-refractivity contribution >= 4 is 5.78 Å². The van der Waals surface area contributed by atoms with Crippen LogP contribution in [-0.4, -0.2) is 5.78 Å². The van der Waals surface area contributed by atoms with Crippen LogP contribution < -0.4 is 0 Å². The molecule has 2 aliphatic carbocycles. The van der Waals surface area contributed by atoms with E-state index in [0.717, 1.165) is 25.7 Å². The van der Waals surface area contributed by atoms with Crippen LogP contribution in [-0.2, 0) is 10.2 Å². The fourth-order valence-corrected chi connectivity index (χ4v) is 4.96. The van der Waals surface area contributed by atoms with E-state index in [-0.39, 0.29) is 5.41 Å². The lowest BCUT2D eigenvalue weighted by molar-refractivity contribution is -0.130. The Hall–Kier alpha value is -1.11. The molecule has 0 saturated heterocycles. The summed E-state index contributed by atoms with van der Waals surface area (Å²) in [4.78, 5) is 13.4. The van der Waals surface area contributed by atoms with Gasteiger partial charge in [-0.15, -0.1) is 0 Å². The lowest BCUT2D eigenvalue weighted by atomic mass is 9.65. The van der Waals surface area contributed by atoms with Crippen molar-refractivity contribution in [1.29, 1.82) is 0 Å². The first-order valence-electron chi connectivity index (χ1n) is 8.71. The minimum Gasteiger partial charge on any atom is -0.298 e. The molecule has 2 saturated carbocycles. The molecule has 0 amide bonds. The molecule has 114 valence electrons. The van der Waals surface area contributed by atoms with Gasteiger partial charge in [-0.2, -0.15) is 0 Å². The smallest absolute Gasteiger partial charge is 0.146 e. The summed E-state index contributed by atoms with van der Waals surface area (Å²) < 4.78 is 0. The summed E-state index contributed by atoms with van der Waals surface area (Å²) in [5, 5.41) is 0. The van der Waals surface area contributed by atoms with Gasteiger partial charge in [0.1, 0.15) is 5.78 Å². The SMILES string of the molecule is CC1CC(C)CC(C(=O)C2(c3ccccc3)CCCC2)C1. The van der Waals surface area contributed by atoms with Gasteiger partial charge in [-0.1, -0.05) is 57.0 Å². The summed E-state index contributed by atoms with van der Waals surface area (Å²) in [6.07, 6.45) is 8.05. The minimum absolute atomic E-state index is 0.164. The fourth-order valence-electron chi connectivity index (χ4n) is 4.96. The summed E-state index contributed by atoms with van der Waals surface area (Å²) in [6, 6.07) is 10.6. The Labute approximate surface area is 129 Å². The average molecular weight is 284 g/mol. The third-order valence-corrected chi connectivity index (χ3v) is 5.80. The van der Waals surface area contributed by atoms with Gasteiger partial charge < -0.3 is 0 Å². The Morgan fingerprint density at radius 3 is 2.10 bits per heavy atom. The van der Waals surface area contributed by atoms with Gasteiger partial charge in [0.2, 0.25) is 0 Å². The van der Waals surface area contributed by atoms with Crippen molar-refractivity contribution in [2.75, 3.05) is 0 Å². The Morgan fingerprint density at radius 1 is 0.952 bits per heavy atom. The molecule has 0 bridgehead atoms. The van der Waals surface area contributed by atoms with Gasteiger partial charge in [-0.3, -0.25) is 4.79 Å². The molecule has 0 aromatic heterocycles. The molecule has 2 unspecified atom stereocenters. The van der Waals surface area contributed by atoms with Crippen LogP contribution in [0.5, 0.6) is 0 Å². The van der Waals surface area contributed by atoms with Gasteiger partial charge in [0.05, 0.1) is 5.41 Å². The zero-order chi connectivity index (χ0) is 14.9. The van der Waals surface area contributed by atoms with Crippen molar-refractivity contribution in [2.24, 2.45) is 17.8 Å². The van der Waals surface area contributed by atoms with Crippen LogP contribution in [0.3, 0.4) is 0 Å². The second-order valence-electron chi connectivity index (χ2n) is 7.63. The van der Waals surface area contributed by atoms with E-state index in [1.807, 2.05) is 0 Å². The Morgan fingerprint density at radius 2 is 1.52 bits per heavy atom. The highest BCUT2D eigenvalue weighted by Crippen LogP contribution is 2.46. The standard InChI is InChI=1S/C20H28O/c1-15-12-16(2)14-17(13-15)19(21)20(10-6-7-11-20)18-8-4-3-5-9-18/h3-5,8-9,15-17H,6-7,10-14H2,1-2H3. The number of hydrogen-bond acceptors (Lipinski definition) is 1. The maximum Gasteiger partial charge on any atom is 0.146 e. The van der Waals surface area contributed by atoms with E-state index in [1.54, 1.807) is 0 Å². The molecule has 2 atom stereocenters. The van der Waals surface area contributed by atoms with E-state index < -0.39 is 0 Å². The zero-order valence-corrected chi connectivity index (χ0v) is 13.5. The predicted octanol–water partition coefficient (Wildman–Crippen LogP) is 5.14. The van der Waals surface area contributed by atoms with Gasteiger partial charge >= 0.3 is 0 Å². The third kappa shape index (κ3) is 2.80. The first-order chi connectivity index (χ1) is 10.1. The molecule has 2 aliphatic rings. The van der Waals surface area contributed by atoms with Crippen molar-refractivity contribution in [3.63, 3.8) is 0 Å². The molecule has 1 aromatic rings. The molecule has 0 spiro atoms. The number of benzene rings is 1. The van der Waals surface area contributed by atoms with E-state index in [2.05, 4.69) is 44.2 Å². The molecular formula is C20H28O. The number of rotatable bonds is 3. The molecule has 0 heterocycles. The van der Waals surface area contributed by atoms with Gasteiger partial charge in [0, 0.05) is 5.92 Å². The monoisotopic (exact) mass is 284 g/mol. The summed E-state index contributed by atoms with van der Waals surface area (Å²) in [7, 11) is 0. The molecule has 2 fully saturated rings. The van der Waals surface area contributed by atoms with Crippen LogP contribution >= 0.6 is 0 Å². The second kappa shape index (κ2) is 5.94. The quantitative estimate of drug-likeness (QED) is 0.751. The molecule has 1 aromatic carbocycles. The van der Waals surface area contributed by atoms with Crippen LogP contribution in [0.2, 0.25) is 0 Å². The molecule has 0 aliphatic heterocycles. The van der Waals surface area contributed by atoms with Gasteiger partial charge in [-0.25, -0.2) is 0 Å². The molecule has 3 rings (SSSR count). The first kappa shape index (κ1) is 14.8. The number of Topliss-reactive ketones (excluding diaryl/α,β-unsaturated/α-hetero) is 1. The third-order valence-electron chi connectivity index (χ3n) is 5.80. The maximum atomic E-state index is 13.4. The zero-order valence-electron chi connectivity index (χ0n) is 13.5. The number of ketones is 1. The van der Waals surface area contributed by atoms with E-state index in [9.17, 15) is 4.79 Å². The second-order valence-corrected chi connectivity index (χ2v) is 7.63. The molecule has 1 nitrogen and oxygen atoms in total. The van der Waals surface area contributed by atoms with Crippen molar-refractivity contribution in [2.45, 2.75) is 64.2 Å². The van der Waals surface area contributed by atoms with Gasteiger partial charge in [0.15, 0.2) is 0 Å². The summed E-state index contributed by atoms with van der Waals surface area (Å²) in [6.45, 7) is 4.64. The number of carbonyl (C=O) groups is 1. The Kier molecular flexibility index (Phi) is 4.19. The molecule has 21 heavy (non-hydrogen) atoms. The van der Waals surface area contributed by atoms with E-state index in [0.29, 0.717) is 23.5 Å². The Bertz CT molecular complexity index is 474. The highest BCUT2D eigenvalue weighted by atomic mass is 16.1. The number of carbonyl (C=O) groups excluding carboxylic acids is 1. The lowest BCUT2D eigenvalue weighted by Crippen LogP contribution is -2.40. The summed E-state index contributed by atoms with van der Waals surface area (Å²) >= 11 is 0. The van der Waals surface area contributed by atoms with E-state index in [4.69, 9.17) is 0 Å². The maximum absolute atomic E-state index is 13.4.